The van der Waals surface area contributed by atoms with Crippen LogP contribution in [-0.4, -0.2) is 13.7 Å². The van der Waals surface area contributed by atoms with Gasteiger partial charge in [-0.2, -0.15) is 0 Å². The van der Waals surface area contributed by atoms with Crippen LogP contribution in [0.3, 0.4) is 0 Å². The van der Waals surface area contributed by atoms with E-state index in [1.165, 1.54) is 22.3 Å². The van der Waals surface area contributed by atoms with Crippen molar-refractivity contribution in [1.29, 1.82) is 0 Å². The molecule has 21 heavy (non-hydrogen) atoms. The average molecular weight is 348 g/mol. The van der Waals surface area contributed by atoms with Gasteiger partial charge in [0, 0.05) is 10.0 Å². The van der Waals surface area contributed by atoms with Gasteiger partial charge in [0.1, 0.15) is 5.75 Å². The summed E-state index contributed by atoms with van der Waals surface area (Å²) in [6, 6.07) is 12.9. The van der Waals surface area contributed by atoms with E-state index >= 15 is 0 Å². The van der Waals surface area contributed by atoms with Crippen molar-refractivity contribution in [1.82, 2.24) is 5.32 Å². The highest BCUT2D eigenvalue weighted by molar-refractivity contribution is 9.10. The summed E-state index contributed by atoms with van der Waals surface area (Å²) in [7, 11) is 1.99. The highest BCUT2D eigenvalue weighted by atomic mass is 79.9. The van der Waals surface area contributed by atoms with E-state index in [1.54, 1.807) is 0 Å². The third kappa shape index (κ3) is 3.66. The Labute approximate surface area is 135 Å². The molecule has 3 heteroatoms. The summed E-state index contributed by atoms with van der Waals surface area (Å²) in [4.78, 5) is 0. The normalized spacial score (nSPS) is 12.2. The first-order chi connectivity index (χ1) is 10.1. The molecular formula is C18H22BrNO. The molecule has 0 aromatic heterocycles. The molecule has 0 spiro atoms. The van der Waals surface area contributed by atoms with E-state index in [4.69, 9.17) is 4.74 Å². The summed E-state index contributed by atoms with van der Waals surface area (Å²) in [5.74, 6) is 0.949. The number of hydrogen-bond donors (Lipinski definition) is 1. The highest BCUT2D eigenvalue weighted by Gasteiger charge is 2.18. The molecule has 0 aliphatic heterocycles. The second kappa shape index (κ2) is 7.10. The number of ether oxygens (including phenoxy) is 1. The number of benzene rings is 2. The molecule has 0 radical (unpaired) electrons. The molecule has 112 valence electrons. The van der Waals surface area contributed by atoms with Crippen molar-refractivity contribution in [3.63, 3.8) is 0 Å². The van der Waals surface area contributed by atoms with Crippen LogP contribution in [0.5, 0.6) is 5.75 Å². The lowest BCUT2D eigenvalue weighted by molar-refractivity contribution is 0.334. The van der Waals surface area contributed by atoms with Crippen molar-refractivity contribution >= 4 is 15.9 Å². The predicted octanol–water partition coefficient (Wildman–Crippen LogP) is 4.77. The first-order valence-corrected chi connectivity index (χ1v) is 8.02. The van der Waals surface area contributed by atoms with Crippen LogP contribution < -0.4 is 10.1 Å². The van der Waals surface area contributed by atoms with Crippen LogP contribution in [0.25, 0.3) is 0 Å². The molecule has 1 unspecified atom stereocenters. The molecule has 2 rings (SSSR count). The fourth-order valence-corrected chi connectivity index (χ4v) is 3.10. The molecule has 2 aromatic carbocycles. The molecule has 0 aliphatic carbocycles. The first kappa shape index (κ1) is 16.1. The number of rotatable bonds is 5. The molecule has 0 heterocycles. The van der Waals surface area contributed by atoms with Crippen LogP contribution in [-0.2, 0) is 0 Å². The summed E-state index contributed by atoms with van der Waals surface area (Å²) >= 11 is 3.53. The van der Waals surface area contributed by atoms with Gasteiger partial charge in [0.2, 0.25) is 0 Å². The Morgan fingerprint density at radius 1 is 1.10 bits per heavy atom. The van der Waals surface area contributed by atoms with Crippen molar-refractivity contribution in [2.45, 2.75) is 26.8 Å². The van der Waals surface area contributed by atoms with Gasteiger partial charge in [-0.25, -0.2) is 0 Å². The Hall–Kier alpha value is -1.32. The zero-order valence-corrected chi connectivity index (χ0v) is 14.6. The minimum Gasteiger partial charge on any atom is -0.494 e. The number of aryl methyl sites for hydroxylation is 2. The number of halogens is 1. The van der Waals surface area contributed by atoms with Crippen LogP contribution in [0.1, 0.15) is 35.2 Å². The van der Waals surface area contributed by atoms with E-state index < -0.39 is 0 Å². The van der Waals surface area contributed by atoms with Crippen molar-refractivity contribution < 1.29 is 4.74 Å². The van der Waals surface area contributed by atoms with Gasteiger partial charge in [-0.15, -0.1) is 0 Å². The molecule has 0 saturated heterocycles. The Kier molecular flexibility index (Phi) is 5.43. The standard InChI is InChI=1S/C18H22BrNO/c1-5-21-17-9-6-12(2)10-16(17)18(20-4)15-8-7-14(19)11-13(15)3/h6-11,18,20H,5H2,1-4H3. The van der Waals surface area contributed by atoms with Crippen LogP contribution in [0, 0.1) is 13.8 Å². The number of hydrogen-bond acceptors (Lipinski definition) is 2. The first-order valence-electron chi connectivity index (χ1n) is 7.23. The van der Waals surface area contributed by atoms with Crippen LogP contribution in [0.15, 0.2) is 40.9 Å². The van der Waals surface area contributed by atoms with Gasteiger partial charge in [0.25, 0.3) is 0 Å². The van der Waals surface area contributed by atoms with Crippen LogP contribution >= 0.6 is 15.9 Å². The maximum absolute atomic E-state index is 5.81. The molecule has 0 fully saturated rings. The fraction of sp³-hybridized carbons (Fsp3) is 0.333. The Morgan fingerprint density at radius 2 is 1.86 bits per heavy atom. The molecule has 1 N–H and O–H groups in total. The van der Waals surface area contributed by atoms with Gasteiger partial charge < -0.3 is 10.1 Å². The van der Waals surface area contributed by atoms with E-state index in [0.29, 0.717) is 6.61 Å². The minimum atomic E-state index is 0.125. The summed E-state index contributed by atoms with van der Waals surface area (Å²) in [6.45, 7) is 6.94. The van der Waals surface area contributed by atoms with E-state index in [0.717, 1.165) is 10.2 Å². The number of nitrogens with one attached hydrogen (secondary N) is 1. The average Bonchev–Trinajstić information content (AvgIpc) is 2.45. The summed E-state index contributed by atoms with van der Waals surface area (Å²) < 4.78 is 6.92. The van der Waals surface area contributed by atoms with Gasteiger partial charge in [-0.05, 0) is 57.1 Å². The molecule has 2 nitrogen and oxygen atoms in total. The van der Waals surface area contributed by atoms with Gasteiger partial charge in [-0.1, -0.05) is 39.7 Å². The second-order valence-corrected chi connectivity index (χ2v) is 6.11. The smallest absolute Gasteiger partial charge is 0.124 e. The second-order valence-electron chi connectivity index (χ2n) is 5.20. The van der Waals surface area contributed by atoms with Crippen molar-refractivity contribution in [2.75, 3.05) is 13.7 Å². The fourth-order valence-electron chi connectivity index (χ4n) is 2.62. The topological polar surface area (TPSA) is 21.3 Å². The maximum atomic E-state index is 5.81. The van der Waals surface area contributed by atoms with Gasteiger partial charge in [0.05, 0.1) is 12.6 Å². The summed E-state index contributed by atoms with van der Waals surface area (Å²) in [5, 5.41) is 3.43. The predicted molar refractivity (Wildman–Crippen MR) is 92.1 cm³/mol. The molecular weight excluding hydrogens is 326 g/mol. The highest BCUT2D eigenvalue weighted by Crippen LogP contribution is 2.33. The van der Waals surface area contributed by atoms with Gasteiger partial charge >= 0.3 is 0 Å². The molecule has 0 bridgehead atoms. The lowest BCUT2D eigenvalue weighted by atomic mass is 9.93. The Balaban J connectivity index is 2.52. The minimum absolute atomic E-state index is 0.125. The lowest BCUT2D eigenvalue weighted by Crippen LogP contribution is -2.20. The molecule has 0 amide bonds. The van der Waals surface area contributed by atoms with E-state index in [2.05, 4.69) is 71.5 Å². The van der Waals surface area contributed by atoms with Crippen LogP contribution in [0.2, 0.25) is 0 Å². The summed E-state index contributed by atoms with van der Waals surface area (Å²) in [5.41, 5.74) is 4.95. The molecule has 0 aliphatic rings. The van der Waals surface area contributed by atoms with Gasteiger partial charge in [-0.3, -0.25) is 0 Å². The zero-order chi connectivity index (χ0) is 15.4. The monoisotopic (exact) mass is 347 g/mol. The van der Waals surface area contributed by atoms with Crippen molar-refractivity contribution in [3.05, 3.63) is 63.1 Å². The molecule has 0 saturated carbocycles. The zero-order valence-electron chi connectivity index (χ0n) is 13.0. The van der Waals surface area contributed by atoms with Crippen molar-refractivity contribution in [3.8, 4) is 5.75 Å². The Morgan fingerprint density at radius 3 is 2.48 bits per heavy atom. The van der Waals surface area contributed by atoms with E-state index in [1.807, 2.05) is 14.0 Å². The SMILES string of the molecule is CCOc1ccc(C)cc1C(NC)c1ccc(Br)cc1C. The van der Waals surface area contributed by atoms with Crippen LogP contribution in [0.4, 0.5) is 0 Å². The van der Waals surface area contributed by atoms with E-state index in [-0.39, 0.29) is 6.04 Å². The molecule has 1 atom stereocenters. The van der Waals surface area contributed by atoms with Crippen molar-refractivity contribution in [2.24, 2.45) is 0 Å². The largest absolute Gasteiger partial charge is 0.494 e. The van der Waals surface area contributed by atoms with Gasteiger partial charge in [0.15, 0.2) is 0 Å². The summed E-state index contributed by atoms with van der Waals surface area (Å²) in [6.07, 6.45) is 0. The third-order valence-corrected chi connectivity index (χ3v) is 4.10. The maximum Gasteiger partial charge on any atom is 0.124 e. The quantitative estimate of drug-likeness (QED) is 0.840. The van der Waals surface area contributed by atoms with E-state index in [9.17, 15) is 0 Å². The third-order valence-electron chi connectivity index (χ3n) is 3.61. The molecule has 2 aromatic rings. The Bertz CT molecular complexity index is 625. The lowest BCUT2D eigenvalue weighted by Gasteiger charge is -2.23.